The number of carbonyl (C=O) groups is 3. The van der Waals surface area contributed by atoms with E-state index in [4.69, 9.17) is 9.47 Å². The quantitative estimate of drug-likeness (QED) is 0.438. The first-order valence-corrected chi connectivity index (χ1v) is 11.2. The topological polar surface area (TPSA) is 110 Å². The van der Waals surface area contributed by atoms with Crippen molar-refractivity contribution >= 4 is 28.9 Å². The summed E-state index contributed by atoms with van der Waals surface area (Å²) in [5, 5.41) is 6.18. The van der Waals surface area contributed by atoms with Crippen LogP contribution in [0, 0.1) is 0 Å². The van der Waals surface area contributed by atoms with Gasteiger partial charge in [-0.25, -0.2) is 9.59 Å². The summed E-state index contributed by atoms with van der Waals surface area (Å²) in [4.78, 5) is 41.0. The summed E-state index contributed by atoms with van der Waals surface area (Å²) in [6.45, 7) is 6.81. The number of alkyl carbamates (subject to hydrolysis) is 1. The zero-order valence-corrected chi connectivity index (χ0v) is 19.9. The maximum Gasteiger partial charge on any atom is 0.408 e. The number of nitrogens with one attached hydrogen (secondary N) is 3. The second kappa shape index (κ2) is 10.9. The maximum absolute atomic E-state index is 13.0. The monoisotopic (exact) mass is 465 g/mol. The third kappa shape index (κ3) is 7.10. The molecule has 2 amide bonds. The van der Waals surface area contributed by atoms with Crippen LogP contribution < -0.4 is 10.6 Å². The molecule has 1 heterocycles. The molecule has 0 spiro atoms. The summed E-state index contributed by atoms with van der Waals surface area (Å²) in [5.74, 6) is -1.08. The van der Waals surface area contributed by atoms with Crippen LogP contribution in [-0.4, -0.2) is 40.6 Å². The summed E-state index contributed by atoms with van der Waals surface area (Å²) < 4.78 is 10.7. The van der Waals surface area contributed by atoms with Gasteiger partial charge in [-0.3, -0.25) is 4.79 Å². The van der Waals surface area contributed by atoms with Gasteiger partial charge in [-0.1, -0.05) is 48.5 Å². The highest BCUT2D eigenvalue weighted by Gasteiger charge is 2.28. The van der Waals surface area contributed by atoms with E-state index in [1.54, 1.807) is 20.8 Å². The number of aromatic nitrogens is 1. The van der Waals surface area contributed by atoms with Gasteiger partial charge < -0.3 is 25.1 Å². The van der Waals surface area contributed by atoms with Gasteiger partial charge in [0.1, 0.15) is 24.3 Å². The molecule has 180 valence electrons. The molecule has 2 aromatic carbocycles. The highest BCUT2D eigenvalue weighted by atomic mass is 16.6. The van der Waals surface area contributed by atoms with Crippen molar-refractivity contribution < 1.29 is 23.9 Å². The maximum atomic E-state index is 13.0. The molecule has 3 rings (SSSR count). The van der Waals surface area contributed by atoms with Crippen LogP contribution in [0.3, 0.4) is 0 Å². The van der Waals surface area contributed by atoms with Gasteiger partial charge in [-0.2, -0.15) is 0 Å². The Morgan fingerprint density at radius 2 is 1.65 bits per heavy atom. The Labute approximate surface area is 199 Å². The first-order valence-electron chi connectivity index (χ1n) is 11.2. The summed E-state index contributed by atoms with van der Waals surface area (Å²) in [7, 11) is 0. The normalized spacial score (nSPS) is 13.1. The smallest absolute Gasteiger partial charge is 0.408 e. The molecule has 0 saturated heterocycles. The van der Waals surface area contributed by atoms with Crippen molar-refractivity contribution in [3.05, 3.63) is 71.9 Å². The number of rotatable bonds is 8. The molecule has 2 atom stereocenters. The van der Waals surface area contributed by atoms with Crippen LogP contribution in [0.1, 0.15) is 38.8 Å². The van der Waals surface area contributed by atoms with Gasteiger partial charge in [-0.15, -0.1) is 0 Å². The average molecular weight is 466 g/mol. The van der Waals surface area contributed by atoms with Crippen molar-refractivity contribution in [1.82, 2.24) is 15.6 Å². The molecule has 0 saturated carbocycles. The second-order valence-corrected chi connectivity index (χ2v) is 9.09. The van der Waals surface area contributed by atoms with E-state index in [9.17, 15) is 14.4 Å². The third-order valence-electron chi connectivity index (χ3n) is 5.05. The first-order chi connectivity index (χ1) is 16.1. The molecular formula is C26H31N3O5. The van der Waals surface area contributed by atoms with Gasteiger partial charge in [0.05, 0.1) is 0 Å². The Morgan fingerprint density at radius 1 is 0.971 bits per heavy atom. The van der Waals surface area contributed by atoms with E-state index < -0.39 is 35.7 Å². The number of hydrogen-bond acceptors (Lipinski definition) is 5. The fraction of sp³-hybridized carbons (Fsp3) is 0.346. The highest BCUT2D eigenvalue weighted by molar-refractivity contribution is 5.90. The number of benzene rings is 2. The van der Waals surface area contributed by atoms with Crippen molar-refractivity contribution in [2.75, 3.05) is 0 Å². The van der Waals surface area contributed by atoms with E-state index in [-0.39, 0.29) is 13.0 Å². The number of amides is 2. The van der Waals surface area contributed by atoms with Crippen molar-refractivity contribution in [2.45, 2.75) is 58.4 Å². The lowest BCUT2D eigenvalue weighted by Crippen LogP contribution is -2.52. The second-order valence-electron chi connectivity index (χ2n) is 9.09. The number of H-pyrrole nitrogens is 1. The lowest BCUT2D eigenvalue weighted by Gasteiger charge is -2.23. The summed E-state index contributed by atoms with van der Waals surface area (Å²) in [5.41, 5.74) is 1.94. The number of fused-ring (bicyclic) bond motifs is 1. The van der Waals surface area contributed by atoms with Crippen LogP contribution in [0.25, 0.3) is 10.9 Å². The molecule has 1 aromatic heterocycles. The number of para-hydroxylation sites is 1. The largest absolute Gasteiger partial charge is 0.459 e. The number of esters is 1. The summed E-state index contributed by atoms with van der Waals surface area (Å²) >= 11 is 0. The highest BCUT2D eigenvalue weighted by Crippen LogP contribution is 2.20. The molecule has 3 N–H and O–H groups in total. The van der Waals surface area contributed by atoms with E-state index >= 15 is 0 Å². The Balaban J connectivity index is 1.71. The molecule has 0 fully saturated rings. The van der Waals surface area contributed by atoms with Gasteiger partial charge in [0.2, 0.25) is 5.91 Å². The predicted molar refractivity (Wildman–Crippen MR) is 129 cm³/mol. The number of hydrogen-bond donors (Lipinski definition) is 3. The van der Waals surface area contributed by atoms with E-state index in [1.165, 1.54) is 6.92 Å². The minimum atomic E-state index is -0.946. The molecule has 8 heteroatoms. The van der Waals surface area contributed by atoms with E-state index in [2.05, 4.69) is 15.6 Å². The minimum Gasteiger partial charge on any atom is -0.459 e. The van der Waals surface area contributed by atoms with Gasteiger partial charge in [-0.05, 0) is 44.9 Å². The molecule has 34 heavy (non-hydrogen) atoms. The van der Waals surface area contributed by atoms with Crippen LogP contribution >= 0.6 is 0 Å². The van der Waals surface area contributed by atoms with E-state index in [1.807, 2.05) is 60.8 Å². The Morgan fingerprint density at radius 3 is 2.35 bits per heavy atom. The Hall–Kier alpha value is -3.81. The molecule has 8 nitrogen and oxygen atoms in total. The van der Waals surface area contributed by atoms with E-state index in [0.29, 0.717) is 0 Å². The Bertz CT molecular complexity index is 1130. The summed E-state index contributed by atoms with van der Waals surface area (Å²) in [6, 6.07) is 15.2. The fourth-order valence-electron chi connectivity index (χ4n) is 3.39. The van der Waals surface area contributed by atoms with Crippen molar-refractivity contribution in [3.63, 3.8) is 0 Å². The molecule has 0 aliphatic carbocycles. The van der Waals surface area contributed by atoms with E-state index in [0.717, 1.165) is 22.0 Å². The first kappa shape index (κ1) is 24.8. The summed E-state index contributed by atoms with van der Waals surface area (Å²) in [6.07, 6.45) is 1.33. The molecule has 0 bridgehead atoms. The van der Waals surface area contributed by atoms with Crippen LogP contribution in [0.5, 0.6) is 0 Å². The molecule has 0 aliphatic rings. The molecule has 3 aromatic rings. The molecular weight excluding hydrogens is 434 g/mol. The standard InChI is InChI=1S/C26H31N3O5/c1-17(28-25(32)34-26(2,3)4)23(30)29-22(24(31)33-16-18-10-6-5-7-11-18)14-19-15-27-21-13-9-8-12-20(19)21/h5-13,15,17,22,27H,14,16H2,1-4H3,(H,28,32)(H,29,30). The van der Waals surface area contributed by atoms with Crippen LogP contribution in [0.4, 0.5) is 4.79 Å². The SMILES string of the molecule is CC(NC(=O)OC(C)(C)C)C(=O)NC(Cc1c[nH]c2ccccc12)C(=O)OCc1ccccc1. The van der Waals surface area contributed by atoms with Crippen LogP contribution in [-0.2, 0) is 32.1 Å². The van der Waals surface area contributed by atoms with Gasteiger partial charge in [0, 0.05) is 23.5 Å². The zero-order valence-electron chi connectivity index (χ0n) is 19.9. The minimum absolute atomic E-state index is 0.0889. The van der Waals surface area contributed by atoms with Crippen LogP contribution in [0.2, 0.25) is 0 Å². The van der Waals surface area contributed by atoms with Crippen molar-refractivity contribution in [1.29, 1.82) is 0 Å². The average Bonchev–Trinajstić information content (AvgIpc) is 3.19. The molecule has 0 radical (unpaired) electrons. The number of aromatic amines is 1. The number of carbonyl (C=O) groups excluding carboxylic acids is 3. The van der Waals surface area contributed by atoms with Crippen molar-refractivity contribution in [3.8, 4) is 0 Å². The molecule has 2 unspecified atom stereocenters. The van der Waals surface area contributed by atoms with Gasteiger partial charge in [0.15, 0.2) is 0 Å². The number of ether oxygens (including phenoxy) is 2. The Kier molecular flexibility index (Phi) is 7.94. The fourth-order valence-corrected chi connectivity index (χ4v) is 3.39. The van der Waals surface area contributed by atoms with Gasteiger partial charge >= 0.3 is 12.1 Å². The predicted octanol–water partition coefficient (Wildman–Crippen LogP) is 3.85. The van der Waals surface area contributed by atoms with Gasteiger partial charge in [0.25, 0.3) is 0 Å². The molecule has 0 aliphatic heterocycles. The lowest BCUT2D eigenvalue weighted by molar-refractivity contribution is -0.149. The zero-order chi connectivity index (χ0) is 24.7. The van der Waals surface area contributed by atoms with Crippen molar-refractivity contribution in [2.24, 2.45) is 0 Å². The third-order valence-corrected chi connectivity index (χ3v) is 5.05. The van der Waals surface area contributed by atoms with Crippen LogP contribution in [0.15, 0.2) is 60.8 Å². The lowest BCUT2D eigenvalue weighted by atomic mass is 10.0.